The summed E-state index contributed by atoms with van der Waals surface area (Å²) in [5.74, 6) is 6.97. The van der Waals surface area contributed by atoms with Crippen molar-refractivity contribution in [2.24, 2.45) is 0 Å². The van der Waals surface area contributed by atoms with E-state index in [1.165, 1.54) is 0 Å². The zero-order valence-electron chi connectivity index (χ0n) is 26.8. The lowest BCUT2D eigenvalue weighted by Crippen LogP contribution is -2.13. The maximum Gasteiger partial charge on any atom is 0.0567 e. The molecule has 4 nitrogen and oxygen atoms in total. The maximum absolute atomic E-state index is 3.49. The molecule has 6 aromatic carbocycles. The van der Waals surface area contributed by atoms with Crippen molar-refractivity contribution < 1.29 is 0 Å². The first-order valence-electron chi connectivity index (χ1n) is 15.4. The number of anilines is 8. The molecule has 0 amide bonds. The van der Waals surface area contributed by atoms with Gasteiger partial charge in [0, 0.05) is 73.4 Å². The lowest BCUT2D eigenvalue weighted by Gasteiger charge is -2.24. The lowest BCUT2D eigenvalue weighted by atomic mass is 10.1. The van der Waals surface area contributed by atoms with E-state index < -0.39 is 0 Å². The summed E-state index contributed by atoms with van der Waals surface area (Å²) in [7, 11) is 8.37. The predicted molar refractivity (Wildman–Crippen MR) is 197 cm³/mol. The van der Waals surface area contributed by atoms with Crippen LogP contribution in [0.2, 0.25) is 0 Å². The van der Waals surface area contributed by atoms with E-state index in [4.69, 9.17) is 0 Å². The van der Waals surface area contributed by atoms with Gasteiger partial charge in [0.2, 0.25) is 0 Å². The van der Waals surface area contributed by atoms with Crippen LogP contribution in [0.4, 0.5) is 45.5 Å². The van der Waals surface area contributed by atoms with Crippen molar-refractivity contribution in [3.8, 4) is 11.8 Å². The summed E-state index contributed by atoms with van der Waals surface area (Å²) in [6, 6.07) is 54.7. The Morgan fingerprint density at radius 2 is 0.543 bits per heavy atom. The molecule has 0 aliphatic rings. The highest BCUT2D eigenvalue weighted by Crippen LogP contribution is 2.32. The monoisotopic (exact) mass is 598 g/mol. The third kappa shape index (κ3) is 6.60. The molecule has 0 aliphatic heterocycles. The Hall–Kier alpha value is -5.92. The van der Waals surface area contributed by atoms with Crippen molar-refractivity contribution in [3.63, 3.8) is 0 Å². The summed E-state index contributed by atoms with van der Waals surface area (Å²) >= 11 is 0. The molecule has 0 radical (unpaired) electrons. The van der Waals surface area contributed by atoms with Gasteiger partial charge in [-0.3, -0.25) is 0 Å². The van der Waals surface area contributed by atoms with E-state index in [2.05, 4.69) is 193 Å². The normalized spacial score (nSPS) is 10.4. The molecule has 0 aromatic heterocycles. The van der Waals surface area contributed by atoms with Gasteiger partial charge in [-0.05, 0) is 97.1 Å². The van der Waals surface area contributed by atoms with Crippen LogP contribution in [0.3, 0.4) is 0 Å². The van der Waals surface area contributed by atoms with Crippen molar-refractivity contribution in [1.82, 2.24) is 0 Å². The minimum absolute atomic E-state index is 0.973. The second-order valence-electron chi connectivity index (χ2n) is 11.2. The summed E-state index contributed by atoms with van der Waals surface area (Å²) in [4.78, 5) is 8.77. The van der Waals surface area contributed by atoms with Crippen molar-refractivity contribution in [2.75, 3.05) is 47.8 Å². The van der Waals surface area contributed by atoms with E-state index in [9.17, 15) is 0 Å². The fraction of sp³-hybridized carbons (Fsp3) is 0.0952. The first kappa shape index (κ1) is 30.1. The molecule has 6 aromatic rings. The van der Waals surface area contributed by atoms with Gasteiger partial charge < -0.3 is 19.6 Å². The van der Waals surface area contributed by atoms with Crippen LogP contribution < -0.4 is 19.6 Å². The number of hydrogen-bond acceptors (Lipinski definition) is 4. The van der Waals surface area contributed by atoms with E-state index >= 15 is 0 Å². The van der Waals surface area contributed by atoms with Gasteiger partial charge in [-0.15, -0.1) is 0 Å². The van der Waals surface area contributed by atoms with Crippen molar-refractivity contribution in [1.29, 1.82) is 0 Å². The van der Waals surface area contributed by atoms with Gasteiger partial charge in [0.1, 0.15) is 0 Å². The topological polar surface area (TPSA) is 13.0 Å². The van der Waals surface area contributed by atoms with Gasteiger partial charge >= 0.3 is 0 Å². The smallest absolute Gasteiger partial charge is 0.0567 e. The number of nitrogens with zero attached hydrogens (tertiary/aromatic N) is 4. The van der Waals surface area contributed by atoms with Gasteiger partial charge in [0.05, 0.1) is 11.4 Å². The Kier molecular flexibility index (Phi) is 9.04. The van der Waals surface area contributed by atoms with Gasteiger partial charge in [0.25, 0.3) is 0 Å². The molecule has 0 fully saturated rings. The van der Waals surface area contributed by atoms with E-state index in [1.54, 1.807) is 0 Å². The van der Waals surface area contributed by atoms with Gasteiger partial charge in [-0.25, -0.2) is 0 Å². The van der Waals surface area contributed by atoms with Crippen LogP contribution >= 0.6 is 0 Å². The average Bonchev–Trinajstić information content (AvgIpc) is 3.14. The Labute approximate surface area is 273 Å². The fourth-order valence-electron chi connectivity index (χ4n) is 5.56. The number of benzene rings is 6. The van der Waals surface area contributed by atoms with Gasteiger partial charge in [-0.1, -0.05) is 72.5 Å². The number of hydrogen-bond donors (Lipinski definition) is 0. The Balaban J connectivity index is 1.22. The highest BCUT2D eigenvalue weighted by Gasteiger charge is 2.12. The second-order valence-corrected chi connectivity index (χ2v) is 11.2. The third-order valence-corrected chi connectivity index (χ3v) is 8.40. The molecule has 0 heterocycles. The molecular formula is C42H38N4. The quantitative estimate of drug-likeness (QED) is 0.162. The van der Waals surface area contributed by atoms with Crippen LogP contribution in [0.1, 0.15) is 11.1 Å². The van der Waals surface area contributed by atoms with E-state index in [1.807, 2.05) is 24.3 Å². The van der Waals surface area contributed by atoms with Gasteiger partial charge in [-0.2, -0.15) is 0 Å². The molecule has 0 saturated carbocycles. The summed E-state index contributed by atoms with van der Waals surface area (Å²) in [5, 5.41) is 0. The summed E-state index contributed by atoms with van der Waals surface area (Å²) in [6.45, 7) is 0. The molecule has 0 unspecified atom stereocenters. The van der Waals surface area contributed by atoms with Crippen molar-refractivity contribution >= 4 is 45.5 Å². The van der Waals surface area contributed by atoms with Crippen molar-refractivity contribution in [3.05, 3.63) is 169 Å². The molecule has 0 atom stereocenters. The van der Waals surface area contributed by atoms with Gasteiger partial charge in [0.15, 0.2) is 0 Å². The second kappa shape index (κ2) is 13.8. The summed E-state index contributed by atoms with van der Waals surface area (Å²) in [5.41, 5.74) is 10.8. The van der Waals surface area contributed by atoms with E-state index in [0.717, 1.165) is 56.6 Å². The molecule has 4 heteroatoms. The summed E-state index contributed by atoms with van der Waals surface area (Å²) < 4.78 is 0. The third-order valence-electron chi connectivity index (χ3n) is 8.40. The van der Waals surface area contributed by atoms with Crippen LogP contribution in [0.15, 0.2) is 158 Å². The Bertz CT molecular complexity index is 1800. The number of para-hydroxylation sites is 4. The first-order valence-corrected chi connectivity index (χ1v) is 15.4. The highest BCUT2D eigenvalue weighted by molar-refractivity contribution is 5.75. The minimum atomic E-state index is 0.973. The zero-order valence-corrected chi connectivity index (χ0v) is 26.8. The number of rotatable bonds is 8. The molecule has 6 rings (SSSR count). The summed E-state index contributed by atoms with van der Waals surface area (Å²) in [6.07, 6.45) is 0. The van der Waals surface area contributed by atoms with Crippen LogP contribution in [0.25, 0.3) is 0 Å². The van der Waals surface area contributed by atoms with Crippen LogP contribution in [0, 0.1) is 11.8 Å². The SMILES string of the molecule is CN(c1ccccc1)c1ccc(N(C)c2ccccc2C#Cc2ccccc2N(C)c2ccc(N(C)c3ccccc3)cc2)cc1. The first-order chi connectivity index (χ1) is 22.5. The van der Waals surface area contributed by atoms with E-state index in [0.29, 0.717) is 0 Å². The van der Waals surface area contributed by atoms with Crippen LogP contribution in [-0.2, 0) is 0 Å². The molecule has 0 bridgehead atoms. The Morgan fingerprint density at radius 1 is 0.283 bits per heavy atom. The molecule has 0 N–H and O–H groups in total. The largest absolute Gasteiger partial charge is 0.345 e. The standard InChI is InChI=1S/C42H38N4/c1-43(35-17-7-5-8-18-35)37-25-29-39(30-26-37)45(3)41-21-13-11-15-33(41)23-24-34-16-12-14-22-42(34)46(4)40-31-27-38(28-32-40)44(2)36-19-9-6-10-20-36/h5-22,25-32H,1-4H3. The average molecular weight is 599 g/mol. The molecule has 0 spiro atoms. The predicted octanol–water partition coefficient (Wildman–Crippen LogP) is 10.2. The molecule has 226 valence electrons. The van der Waals surface area contributed by atoms with E-state index in [-0.39, 0.29) is 0 Å². The highest BCUT2D eigenvalue weighted by atomic mass is 15.1. The van der Waals surface area contributed by atoms with Crippen LogP contribution in [-0.4, -0.2) is 28.2 Å². The molecule has 0 aliphatic carbocycles. The molecular weight excluding hydrogens is 560 g/mol. The molecule has 0 saturated heterocycles. The van der Waals surface area contributed by atoms with Crippen molar-refractivity contribution in [2.45, 2.75) is 0 Å². The lowest BCUT2D eigenvalue weighted by molar-refractivity contribution is 1.18. The zero-order chi connectivity index (χ0) is 31.9. The van der Waals surface area contributed by atoms with Crippen LogP contribution in [0.5, 0.6) is 0 Å². The minimum Gasteiger partial charge on any atom is -0.345 e. The Morgan fingerprint density at radius 3 is 0.891 bits per heavy atom. The molecule has 46 heavy (non-hydrogen) atoms. The maximum atomic E-state index is 3.49. The fourth-order valence-corrected chi connectivity index (χ4v) is 5.56.